The number of rotatable bonds is 3. The average molecular weight is 359 g/mol. The molecule has 2 amide bonds. The number of carbonyl (C=O) groups is 2. The number of fused-ring (bicyclic) bond motifs is 5. The molecule has 0 radical (unpaired) electrons. The SMILES string of the molecule is Cc1ccc(Oc2ccc(N3C(=O)[C@@H]4[C@@H]5C=C[C@@H](C5)[C@@]4(C)C3=O)cc2)cc1. The largest absolute Gasteiger partial charge is 0.457 e. The van der Waals surface area contributed by atoms with E-state index in [1.165, 1.54) is 10.5 Å². The third-order valence-corrected chi connectivity index (χ3v) is 6.46. The average Bonchev–Trinajstić information content (AvgIpc) is 3.30. The summed E-state index contributed by atoms with van der Waals surface area (Å²) >= 11 is 0. The van der Waals surface area contributed by atoms with Crippen molar-refractivity contribution in [1.29, 1.82) is 0 Å². The van der Waals surface area contributed by atoms with Crippen molar-refractivity contribution >= 4 is 17.5 Å². The van der Waals surface area contributed by atoms with Crippen molar-refractivity contribution in [2.24, 2.45) is 23.2 Å². The van der Waals surface area contributed by atoms with Crippen LogP contribution in [0.4, 0.5) is 5.69 Å². The van der Waals surface area contributed by atoms with Gasteiger partial charge in [0, 0.05) is 0 Å². The molecule has 2 fully saturated rings. The Morgan fingerprint density at radius 3 is 2.22 bits per heavy atom. The van der Waals surface area contributed by atoms with Crippen molar-refractivity contribution in [1.82, 2.24) is 0 Å². The minimum atomic E-state index is -0.590. The fourth-order valence-corrected chi connectivity index (χ4v) is 4.96. The van der Waals surface area contributed by atoms with Gasteiger partial charge in [0.2, 0.25) is 11.8 Å². The molecule has 27 heavy (non-hydrogen) atoms. The normalized spacial score (nSPS) is 30.9. The molecule has 4 nitrogen and oxygen atoms in total. The van der Waals surface area contributed by atoms with Crippen LogP contribution in [0, 0.1) is 30.1 Å². The summed E-state index contributed by atoms with van der Waals surface area (Å²) in [5.74, 6) is 1.46. The predicted molar refractivity (Wildman–Crippen MR) is 103 cm³/mol. The minimum Gasteiger partial charge on any atom is -0.457 e. The number of anilines is 1. The molecule has 136 valence electrons. The van der Waals surface area contributed by atoms with E-state index in [4.69, 9.17) is 4.74 Å². The second-order valence-electron chi connectivity index (χ2n) is 8.04. The van der Waals surface area contributed by atoms with Gasteiger partial charge < -0.3 is 4.74 Å². The Balaban J connectivity index is 1.40. The van der Waals surface area contributed by atoms with Gasteiger partial charge in [0.1, 0.15) is 11.5 Å². The lowest BCUT2D eigenvalue weighted by atomic mass is 9.71. The number of amides is 2. The van der Waals surface area contributed by atoms with Gasteiger partial charge in [-0.3, -0.25) is 9.59 Å². The van der Waals surface area contributed by atoms with E-state index in [0.717, 1.165) is 12.2 Å². The van der Waals surface area contributed by atoms with Crippen LogP contribution in [0.3, 0.4) is 0 Å². The fraction of sp³-hybridized carbons (Fsp3) is 0.304. The highest BCUT2D eigenvalue weighted by Crippen LogP contribution is 2.60. The molecule has 2 bridgehead atoms. The summed E-state index contributed by atoms with van der Waals surface area (Å²) in [6, 6.07) is 15.0. The predicted octanol–water partition coefficient (Wildman–Crippen LogP) is 4.49. The van der Waals surface area contributed by atoms with Crippen LogP contribution in [0.15, 0.2) is 60.7 Å². The first-order valence-electron chi connectivity index (χ1n) is 9.40. The number of hydrogen-bond acceptors (Lipinski definition) is 3. The molecule has 1 saturated carbocycles. The number of aryl methyl sites for hydroxylation is 1. The van der Waals surface area contributed by atoms with Crippen molar-refractivity contribution in [2.75, 3.05) is 4.90 Å². The third-order valence-electron chi connectivity index (χ3n) is 6.46. The second kappa shape index (κ2) is 5.56. The molecule has 1 saturated heterocycles. The van der Waals surface area contributed by atoms with Crippen molar-refractivity contribution in [3.05, 3.63) is 66.2 Å². The smallest absolute Gasteiger partial charge is 0.241 e. The summed E-state index contributed by atoms with van der Waals surface area (Å²) in [6.07, 6.45) is 5.16. The van der Waals surface area contributed by atoms with E-state index in [9.17, 15) is 9.59 Å². The first-order valence-corrected chi connectivity index (χ1v) is 9.40. The van der Waals surface area contributed by atoms with Crippen LogP contribution in [-0.4, -0.2) is 11.8 Å². The maximum Gasteiger partial charge on any atom is 0.241 e. The maximum atomic E-state index is 13.2. The molecule has 1 aliphatic heterocycles. The number of imide groups is 1. The summed E-state index contributed by atoms with van der Waals surface area (Å²) in [4.78, 5) is 27.6. The van der Waals surface area contributed by atoms with Crippen LogP contribution in [0.1, 0.15) is 18.9 Å². The van der Waals surface area contributed by atoms with Gasteiger partial charge in [0.05, 0.1) is 17.0 Å². The number of nitrogens with zero attached hydrogens (tertiary/aromatic N) is 1. The first kappa shape index (κ1) is 16.3. The molecule has 0 spiro atoms. The van der Waals surface area contributed by atoms with Crippen LogP contribution in [0.2, 0.25) is 0 Å². The Morgan fingerprint density at radius 1 is 0.963 bits per heavy atom. The summed E-state index contributed by atoms with van der Waals surface area (Å²) in [5.41, 5.74) is 1.20. The van der Waals surface area contributed by atoms with Crippen LogP contribution >= 0.6 is 0 Å². The number of hydrogen-bond donors (Lipinski definition) is 0. The van der Waals surface area contributed by atoms with Crippen LogP contribution in [0.5, 0.6) is 11.5 Å². The summed E-state index contributed by atoms with van der Waals surface area (Å²) in [5, 5.41) is 0. The van der Waals surface area contributed by atoms with Gasteiger partial charge in [-0.1, -0.05) is 29.8 Å². The highest BCUT2D eigenvalue weighted by Gasteiger charge is 2.67. The number of benzene rings is 2. The van der Waals surface area contributed by atoms with Gasteiger partial charge in [0.25, 0.3) is 0 Å². The zero-order valence-corrected chi connectivity index (χ0v) is 15.4. The van der Waals surface area contributed by atoms with E-state index in [-0.39, 0.29) is 29.6 Å². The number of allylic oxidation sites excluding steroid dienone is 2. The molecule has 0 aromatic heterocycles. The fourth-order valence-electron chi connectivity index (χ4n) is 4.96. The molecule has 1 heterocycles. The minimum absolute atomic E-state index is 0.0634. The van der Waals surface area contributed by atoms with Gasteiger partial charge in [-0.25, -0.2) is 4.90 Å². The Labute approximate surface area is 158 Å². The van der Waals surface area contributed by atoms with Crippen LogP contribution in [0.25, 0.3) is 0 Å². The van der Waals surface area contributed by atoms with Crippen LogP contribution < -0.4 is 9.64 Å². The van der Waals surface area contributed by atoms with E-state index >= 15 is 0 Å². The molecule has 4 atom stereocenters. The highest BCUT2D eigenvalue weighted by atomic mass is 16.5. The van der Waals surface area contributed by atoms with E-state index in [0.29, 0.717) is 11.4 Å². The molecule has 4 heteroatoms. The van der Waals surface area contributed by atoms with Gasteiger partial charge in [0.15, 0.2) is 0 Å². The first-order chi connectivity index (χ1) is 13.0. The molecule has 3 aliphatic rings. The molecular weight excluding hydrogens is 338 g/mol. The summed E-state index contributed by atoms with van der Waals surface area (Å²) in [6.45, 7) is 3.99. The lowest BCUT2D eigenvalue weighted by molar-refractivity contribution is -0.127. The molecule has 0 N–H and O–H groups in total. The summed E-state index contributed by atoms with van der Waals surface area (Å²) < 4.78 is 5.84. The molecular formula is C23H21NO3. The van der Waals surface area contributed by atoms with Crippen molar-refractivity contribution in [2.45, 2.75) is 20.3 Å². The maximum absolute atomic E-state index is 13.2. The summed E-state index contributed by atoms with van der Waals surface area (Å²) in [7, 11) is 0. The van der Waals surface area contributed by atoms with E-state index < -0.39 is 5.41 Å². The van der Waals surface area contributed by atoms with Crippen LogP contribution in [-0.2, 0) is 9.59 Å². The van der Waals surface area contributed by atoms with Gasteiger partial charge >= 0.3 is 0 Å². The Kier molecular flexibility index (Phi) is 3.36. The molecule has 0 unspecified atom stereocenters. The second-order valence-corrected chi connectivity index (χ2v) is 8.04. The zero-order valence-electron chi connectivity index (χ0n) is 15.4. The Bertz CT molecular complexity index is 960. The standard InChI is InChI=1S/C23H21NO3/c1-14-3-9-18(10-4-14)27-19-11-7-17(8-12-19)24-21(25)20-15-5-6-16(13-15)23(20,2)22(24)26/h3-12,15-16,20H,13H2,1-2H3/t15-,16+,20+,23-/m1/s1. The Morgan fingerprint density at radius 2 is 1.59 bits per heavy atom. The highest BCUT2D eigenvalue weighted by molar-refractivity contribution is 6.24. The van der Waals surface area contributed by atoms with Crippen molar-refractivity contribution in [3.8, 4) is 11.5 Å². The van der Waals surface area contributed by atoms with Gasteiger partial charge in [-0.15, -0.1) is 0 Å². The van der Waals surface area contributed by atoms with Crippen molar-refractivity contribution in [3.63, 3.8) is 0 Å². The number of carbonyl (C=O) groups excluding carboxylic acids is 2. The quantitative estimate of drug-likeness (QED) is 0.599. The van der Waals surface area contributed by atoms with Gasteiger partial charge in [-0.05, 0) is 68.5 Å². The monoisotopic (exact) mass is 359 g/mol. The van der Waals surface area contributed by atoms with Crippen molar-refractivity contribution < 1.29 is 14.3 Å². The van der Waals surface area contributed by atoms with Gasteiger partial charge in [-0.2, -0.15) is 0 Å². The van der Waals surface area contributed by atoms with E-state index in [2.05, 4.69) is 12.2 Å². The molecule has 2 aromatic carbocycles. The van der Waals surface area contributed by atoms with E-state index in [1.807, 2.05) is 38.1 Å². The zero-order chi connectivity index (χ0) is 18.8. The van der Waals surface area contributed by atoms with E-state index in [1.54, 1.807) is 24.3 Å². The lowest BCUT2D eigenvalue weighted by Crippen LogP contribution is -2.37. The number of ether oxygens (including phenoxy) is 1. The lowest BCUT2D eigenvalue weighted by Gasteiger charge is -2.28. The Hall–Kier alpha value is -2.88. The molecule has 2 aliphatic carbocycles. The topological polar surface area (TPSA) is 46.6 Å². The molecule has 2 aromatic rings. The molecule has 5 rings (SSSR count). The third kappa shape index (κ3) is 2.22.